The third kappa shape index (κ3) is 4.26. The van der Waals surface area contributed by atoms with E-state index in [2.05, 4.69) is 5.10 Å². The van der Waals surface area contributed by atoms with Crippen LogP contribution in [0.3, 0.4) is 0 Å². The Balaban J connectivity index is 1.39. The first-order chi connectivity index (χ1) is 20.1. The maximum Gasteiger partial charge on any atom is 0.282 e. The molecule has 0 aliphatic carbocycles. The van der Waals surface area contributed by atoms with Crippen LogP contribution in [0, 0.1) is 5.82 Å². The van der Waals surface area contributed by atoms with Gasteiger partial charge in [-0.1, -0.05) is 54.6 Å². The molecule has 7 aromatic rings. The Morgan fingerprint density at radius 2 is 1.71 bits per heavy atom. The average molecular weight is 543 g/mol. The summed E-state index contributed by atoms with van der Waals surface area (Å²) >= 11 is 0. The zero-order chi connectivity index (χ0) is 27.9. The molecule has 0 spiro atoms. The summed E-state index contributed by atoms with van der Waals surface area (Å²) in [5, 5.41) is 6.76. The number of methoxy groups -OCH3 is 1. The van der Waals surface area contributed by atoms with Crippen LogP contribution in [0.5, 0.6) is 5.75 Å². The van der Waals surface area contributed by atoms with Crippen LogP contribution in [-0.4, -0.2) is 27.6 Å². The fourth-order valence-electron chi connectivity index (χ4n) is 5.15. The zero-order valence-electron chi connectivity index (χ0n) is 22.0. The lowest BCUT2D eigenvalue weighted by Crippen LogP contribution is -2.20. The molecule has 0 unspecified atom stereocenters. The molecule has 3 heterocycles. The molecule has 0 atom stereocenters. The van der Waals surface area contributed by atoms with Gasteiger partial charge in [-0.25, -0.2) is 9.37 Å². The smallest absolute Gasteiger partial charge is 0.282 e. The van der Waals surface area contributed by atoms with Gasteiger partial charge in [-0.3, -0.25) is 4.79 Å². The highest BCUT2D eigenvalue weighted by molar-refractivity contribution is 5.99. The van der Waals surface area contributed by atoms with E-state index < -0.39 is 0 Å². The molecule has 0 amide bonds. The summed E-state index contributed by atoms with van der Waals surface area (Å²) in [5.41, 5.74) is 3.08. The maximum atomic E-state index is 14.5. The topological polar surface area (TPSA) is 74.6 Å². The van der Waals surface area contributed by atoms with Crippen molar-refractivity contribution in [3.05, 3.63) is 131 Å². The van der Waals surface area contributed by atoms with Crippen molar-refractivity contribution in [1.82, 2.24) is 14.2 Å². The Morgan fingerprint density at radius 3 is 2.56 bits per heavy atom. The molecule has 0 aliphatic heterocycles. The quantitative estimate of drug-likeness (QED) is 0.216. The number of hydrogen-bond donors (Lipinski definition) is 0. The van der Waals surface area contributed by atoms with Crippen LogP contribution in [0.25, 0.3) is 44.4 Å². The number of hydrogen-bond acceptors (Lipinski definition) is 5. The van der Waals surface area contributed by atoms with Gasteiger partial charge in [-0.15, -0.1) is 0 Å². The van der Waals surface area contributed by atoms with Crippen LogP contribution < -0.4 is 10.3 Å². The van der Waals surface area contributed by atoms with Gasteiger partial charge in [0.25, 0.3) is 5.56 Å². The lowest BCUT2D eigenvalue weighted by atomic mass is 10.2. The number of halogens is 1. The molecule has 41 heavy (non-hydrogen) atoms. The standard InChI is InChI=1S/C33H23FN4O3/c1-40-29-15-8-16-30-25(29)17-31(41-30)32-36-27-13-6-3-11-24(27)33(39)38(32)35-18-22-20-37(28-14-7-4-10-23(22)28)19-21-9-2-5-12-26(21)34/h2-18,20H,19H2,1H3. The summed E-state index contributed by atoms with van der Waals surface area (Å²) in [6.45, 7) is 0.352. The van der Waals surface area contributed by atoms with E-state index in [0.717, 1.165) is 21.9 Å². The summed E-state index contributed by atoms with van der Waals surface area (Å²) in [5.74, 6) is 1.03. The van der Waals surface area contributed by atoms with Gasteiger partial charge < -0.3 is 13.7 Å². The summed E-state index contributed by atoms with van der Waals surface area (Å²) in [6, 6.07) is 29.0. The zero-order valence-corrected chi connectivity index (χ0v) is 22.0. The molecule has 0 aliphatic rings. The first-order valence-electron chi connectivity index (χ1n) is 13.0. The van der Waals surface area contributed by atoms with Crippen molar-refractivity contribution in [2.24, 2.45) is 5.10 Å². The van der Waals surface area contributed by atoms with Crippen molar-refractivity contribution in [2.75, 3.05) is 7.11 Å². The summed E-state index contributed by atoms with van der Waals surface area (Å²) in [6.07, 6.45) is 3.54. The fourth-order valence-corrected chi connectivity index (χ4v) is 5.15. The Hall–Kier alpha value is -5.50. The van der Waals surface area contributed by atoms with Crippen molar-refractivity contribution in [3.8, 4) is 17.3 Å². The first-order valence-corrected chi connectivity index (χ1v) is 13.0. The Bertz CT molecular complexity index is 2170. The molecule has 0 bridgehead atoms. The highest BCUT2D eigenvalue weighted by Crippen LogP contribution is 2.33. The van der Waals surface area contributed by atoms with E-state index in [4.69, 9.17) is 14.1 Å². The molecule has 0 saturated carbocycles. The van der Waals surface area contributed by atoms with Crippen LogP contribution in [-0.2, 0) is 6.54 Å². The van der Waals surface area contributed by atoms with Gasteiger partial charge >= 0.3 is 0 Å². The van der Waals surface area contributed by atoms with E-state index in [9.17, 15) is 9.18 Å². The molecule has 7 nitrogen and oxygen atoms in total. The van der Waals surface area contributed by atoms with Gasteiger partial charge in [-0.2, -0.15) is 9.78 Å². The van der Waals surface area contributed by atoms with Gasteiger partial charge in [0.1, 0.15) is 17.1 Å². The highest BCUT2D eigenvalue weighted by Gasteiger charge is 2.18. The number of fused-ring (bicyclic) bond motifs is 3. The van der Waals surface area contributed by atoms with E-state index in [1.54, 1.807) is 49.7 Å². The molecule has 0 fully saturated rings. The highest BCUT2D eigenvalue weighted by atomic mass is 19.1. The molecule has 0 saturated heterocycles. The second-order valence-corrected chi connectivity index (χ2v) is 9.62. The fraction of sp³-hybridized carbons (Fsp3) is 0.0606. The van der Waals surface area contributed by atoms with E-state index in [1.165, 1.54) is 10.7 Å². The molecule has 0 N–H and O–H groups in total. The second-order valence-electron chi connectivity index (χ2n) is 9.62. The summed E-state index contributed by atoms with van der Waals surface area (Å²) in [4.78, 5) is 18.5. The van der Waals surface area contributed by atoms with Crippen LogP contribution in [0.2, 0.25) is 0 Å². The Kier molecular flexibility index (Phi) is 5.93. The Labute approximate surface area is 233 Å². The van der Waals surface area contributed by atoms with Crippen molar-refractivity contribution < 1.29 is 13.5 Å². The normalized spacial score (nSPS) is 11.8. The molecule has 3 aromatic heterocycles. The molecule has 200 valence electrons. The monoisotopic (exact) mass is 542 g/mol. The third-order valence-corrected chi connectivity index (χ3v) is 7.15. The van der Waals surface area contributed by atoms with E-state index in [0.29, 0.717) is 40.1 Å². The van der Waals surface area contributed by atoms with Crippen LogP contribution in [0.4, 0.5) is 4.39 Å². The van der Waals surface area contributed by atoms with Crippen molar-refractivity contribution >= 4 is 39.0 Å². The minimum Gasteiger partial charge on any atom is -0.496 e. The van der Waals surface area contributed by atoms with E-state index >= 15 is 0 Å². The number of nitrogens with zero attached hydrogens (tertiary/aromatic N) is 4. The van der Waals surface area contributed by atoms with Crippen LogP contribution >= 0.6 is 0 Å². The minimum absolute atomic E-state index is 0.262. The van der Waals surface area contributed by atoms with Crippen LogP contribution in [0.1, 0.15) is 11.1 Å². The average Bonchev–Trinajstić information content (AvgIpc) is 3.59. The Morgan fingerprint density at radius 1 is 0.927 bits per heavy atom. The van der Waals surface area contributed by atoms with Gasteiger partial charge in [-0.05, 0) is 42.5 Å². The number of para-hydroxylation sites is 2. The molecule has 7 rings (SSSR count). The van der Waals surface area contributed by atoms with Gasteiger partial charge in [0, 0.05) is 28.2 Å². The van der Waals surface area contributed by atoms with Gasteiger partial charge in [0.2, 0.25) is 5.82 Å². The second kappa shape index (κ2) is 9.91. The number of ether oxygens (including phenoxy) is 1. The number of benzene rings is 4. The van der Waals surface area contributed by atoms with Crippen LogP contribution in [0.15, 0.2) is 118 Å². The van der Waals surface area contributed by atoms with E-state index in [1.807, 2.05) is 65.4 Å². The number of furan rings is 1. The maximum absolute atomic E-state index is 14.5. The minimum atomic E-state index is -0.329. The third-order valence-electron chi connectivity index (χ3n) is 7.15. The molecular formula is C33H23FN4O3. The molecule has 4 aromatic carbocycles. The lowest BCUT2D eigenvalue weighted by Gasteiger charge is -2.07. The predicted octanol–water partition coefficient (Wildman–Crippen LogP) is 6.84. The van der Waals surface area contributed by atoms with Gasteiger partial charge in [0.05, 0.1) is 36.2 Å². The largest absolute Gasteiger partial charge is 0.496 e. The van der Waals surface area contributed by atoms with Crippen molar-refractivity contribution in [3.63, 3.8) is 0 Å². The molecule has 8 heteroatoms. The first kappa shape index (κ1) is 24.5. The van der Waals surface area contributed by atoms with E-state index in [-0.39, 0.29) is 17.2 Å². The predicted molar refractivity (Wildman–Crippen MR) is 158 cm³/mol. The van der Waals surface area contributed by atoms with Crippen molar-refractivity contribution in [1.29, 1.82) is 0 Å². The molecular weight excluding hydrogens is 519 g/mol. The summed E-state index contributed by atoms with van der Waals surface area (Å²) < 4.78 is 29.3. The van der Waals surface area contributed by atoms with Crippen molar-refractivity contribution in [2.45, 2.75) is 6.54 Å². The molecule has 0 radical (unpaired) electrons. The SMILES string of the molecule is COc1cccc2oc(-c3nc4ccccc4c(=O)n3N=Cc3cn(Cc4ccccc4F)c4ccccc34)cc12. The lowest BCUT2D eigenvalue weighted by molar-refractivity contribution is 0.419. The number of aromatic nitrogens is 3. The summed E-state index contributed by atoms with van der Waals surface area (Å²) in [7, 11) is 1.60. The number of rotatable bonds is 6. The van der Waals surface area contributed by atoms with Gasteiger partial charge in [0.15, 0.2) is 5.76 Å².